The third-order valence-electron chi connectivity index (χ3n) is 3.45. The minimum Gasteiger partial charge on any atom is -0.394 e. The maximum atomic E-state index is 12.8. The molecule has 2 rings (SSSR count). The van der Waals surface area contributed by atoms with Crippen molar-refractivity contribution in [2.24, 2.45) is 0 Å². The Hall–Kier alpha value is -0.630. The van der Waals surface area contributed by atoms with Crippen molar-refractivity contribution in [3.05, 3.63) is 33.8 Å². The van der Waals surface area contributed by atoms with Crippen LogP contribution < -0.4 is 5.32 Å². The fourth-order valence-electron chi connectivity index (χ4n) is 2.38. The molecule has 1 atom stereocenters. The summed E-state index contributed by atoms with van der Waals surface area (Å²) in [6.45, 7) is 2.74. The fraction of sp³-hybridized carbons (Fsp3) is 0.538. The van der Waals surface area contributed by atoms with Crippen LogP contribution in [0.5, 0.6) is 0 Å². The molecule has 1 heterocycles. The van der Waals surface area contributed by atoms with Gasteiger partial charge >= 0.3 is 6.18 Å². The molecule has 1 aliphatic heterocycles. The van der Waals surface area contributed by atoms with E-state index in [4.69, 9.17) is 0 Å². The normalized spacial score (nSPS) is 19.1. The largest absolute Gasteiger partial charge is 0.416 e. The van der Waals surface area contributed by atoms with Crippen LogP contribution in [-0.2, 0) is 6.18 Å². The molecule has 20 heavy (non-hydrogen) atoms. The highest BCUT2D eigenvalue weighted by molar-refractivity contribution is 9.10. The molecular weight excluding hydrogens is 337 g/mol. The summed E-state index contributed by atoms with van der Waals surface area (Å²) in [5.74, 6) is 0. The lowest BCUT2D eigenvalue weighted by Crippen LogP contribution is -2.46. The van der Waals surface area contributed by atoms with Gasteiger partial charge in [0.15, 0.2) is 0 Å². The summed E-state index contributed by atoms with van der Waals surface area (Å²) in [5, 5.41) is 12.8. The number of rotatable bonds is 3. The number of halogens is 4. The Morgan fingerprint density at radius 2 is 1.95 bits per heavy atom. The van der Waals surface area contributed by atoms with Gasteiger partial charge in [0.25, 0.3) is 0 Å². The maximum Gasteiger partial charge on any atom is 0.416 e. The Bertz CT molecular complexity index is 461. The van der Waals surface area contributed by atoms with Gasteiger partial charge in [-0.3, -0.25) is 4.90 Å². The van der Waals surface area contributed by atoms with Crippen molar-refractivity contribution in [3.63, 3.8) is 0 Å². The number of nitrogens with one attached hydrogen (secondary N) is 1. The Kier molecular flexibility index (Phi) is 5.06. The average Bonchev–Trinajstić information content (AvgIpc) is 2.41. The minimum absolute atomic E-state index is 0.208. The molecule has 3 nitrogen and oxygen atoms in total. The summed E-state index contributed by atoms with van der Waals surface area (Å²) in [5.41, 5.74) is -0.214. The lowest BCUT2D eigenvalue weighted by molar-refractivity contribution is -0.137. The number of piperazine rings is 1. The molecule has 0 aliphatic carbocycles. The van der Waals surface area contributed by atoms with Crippen molar-refractivity contribution in [1.29, 1.82) is 0 Å². The monoisotopic (exact) mass is 352 g/mol. The highest BCUT2D eigenvalue weighted by atomic mass is 79.9. The predicted octanol–water partition coefficient (Wildman–Crippen LogP) is 2.41. The quantitative estimate of drug-likeness (QED) is 0.876. The third-order valence-corrected chi connectivity index (χ3v) is 4.17. The van der Waals surface area contributed by atoms with Crippen LogP contribution in [-0.4, -0.2) is 42.8 Å². The standard InChI is InChI=1S/C13H16BrF3N2O/c14-11-2-1-9(13(15,16)17)7-10(11)12(8-20)19-5-3-18-4-6-19/h1-2,7,12,18,20H,3-6,8H2/t12-/m1/s1. The molecule has 0 radical (unpaired) electrons. The molecule has 0 aromatic heterocycles. The Morgan fingerprint density at radius 3 is 2.50 bits per heavy atom. The van der Waals surface area contributed by atoms with E-state index in [0.717, 1.165) is 25.2 Å². The van der Waals surface area contributed by atoms with Crippen LogP contribution in [0.15, 0.2) is 22.7 Å². The molecular formula is C13H16BrF3N2O. The first-order valence-corrected chi connectivity index (χ1v) is 7.15. The van der Waals surface area contributed by atoms with Crippen LogP contribution in [0, 0.1) is 0 Å². The number of hydrogen-bond donors (Lipinski definition) is 2. The summed E-state index contributed by atoms with van der Waals surface area (Å²) in [7, 11) is 0. The molecule has 0 bridgehead atoms. The maximum absolute atomic E-state index is 12.8. The van der Waals surface area contributed by atoms with Crippen molar-refractivity contribution in [2.75, 3.05) is 32.8 Å². The summed E-state index contributed by atoms with van der Waals surface area (Å²) in [4.78, 5) is 2.00. The van der Waals surface area contributed by atoms with Gasteiger partial charge in [0.1, 0.15) is 0 Å². The van der Waals surface area contributed by atoms with Crippen LogP contribution in [0.4, 0.5) is 13.2 Å². The van der Waals surface area contributed by atoms with E-state index in [1.807, 2.05) is 4.90 Å². The van der Waals surface area contributed by atoms with E-state index in [0.29, 0.717) is 23.1 Å². The average molecular weight is 353 g/mol. The Labute approximate surface area is 123 Å². The van der Waals surface area contributed by atoms with Gasteiger partial charge in [-0.15, -0.1) is 0 Å². The van der Waals surface area contributed by atoms with Gasteiger partial charge < -0.3 is 10.4 Å². The molecule has 0 spiro atoms. The van der Waals surface area contributed by atoms with Crippen LogP contribution in [0.25, 0.3) is 0 Å². The van der Waals surface area contributed by atoms with E-state index >= 15 is 0 Å². The van der Waals surface area contributed by atoms with Crippen molar-refractivity contribution in [1.82, 2.24) is 10.2 Å². The number of hydrogen-bond acceptors (Lipinski definition) is 3. The summed E-state index contributed by atoms with van der Waals surface area (Å²) < 4.78 is 39.0. The second kappa shape index (κ2) is 6.43. The lowest BCUT2D eigenvalue weighted by Gasteiger charge is -2.34. The molecule has 112 valence electrons. The van der Waals surface area contributed by atoms with E-state index in [-0.39, 0.29) is 6.61 Å². The fourth-order valence-corrected chi connectivity index (χ4v) is 2.89. The molecule has 1 aliphatic rings. The molecule has 7 heteroatoms. The first kappa shape index (κ1) is 15.8. The van der Waals surface area contributed by atoms with Crippen molar-refractivity contribution in [3.8, 4) is 0 Å². The Morgan fingerprint density at radius 1 is 1.30 bits per heavy atom. The van der Waals surface area contributed by atoms with Crippen LogP contribution in [0.2, 0.25) is 0 Å². The molecule has 1 saturated heterocycles. The summed E-state index contributed by atoms with van der Waals surface area (Å²) in [6, 6.07) is 3.13. The van der Waals surface area contributed by atoms with Gasteiger partial charge in [-0.05, 0) is 23.8 Å². The smallest absolute Gasteiger partial charge is 0.394 e. The molecule has 0 amide bonds. The van der Waals surface area contributed by atoms with E-state index in [1.54, 1.807) is 0 Å². The second-order valence-corrected chi connectivity index (χ2v) is 5.57. The van der Waals surface area contributed by atoms with Gasteiger partial charge in [0.05, 0.1) is 18.2 Å². The van der Waals surface area contributed by atoms with Crippen molar-refractivity contribution >= 4 is 15.9 Å². The number of aliphatic hydroxyl groups is 1. The minimum atomic E-state index is -4.38. The topological polar surface area (TPSA) is 35.5 Å². The summed E-state index contributed by atoms with van der Waals surface area (Å²) >= 11 is 3.28. The highest BCUT2D eigenvalue weighted by Gasteiger charge is 2.32. The zero-order valence-corrected chi connectivity index (χ0v) is 12.3. The van der Waals surface area contributed by atoms with Gasteiger partial charge in [-0.1, -0.05) is 15.9 Å². The number of aliphatic hydroxyl groups excluding tert-OH is 1. The van der Waals surface area contributed by atoms with E-state index in [2.05, 4.69) is 21.2 Å². The van der Waals surface area contributed by atoms with E-state index < -0.39 is 17.8 Å². The van der Waals surface area contributed by atoms with Gasteiger partial charge in [0.2, 0.25) is 0 Å². The number of alkyl halides is 3. The lowest BCUT2D eigenvalue weighted by atomic mass is 10.0. The molecule has 1 fully saturated rings. The Balaban J connectivity index is 2.32. The highest BCUT2D eigenvalue weighted by Crippen LogP contribution is 2.35. The second-order valence-electron chi connectivity index (χ2n) is 4.72. The van der Waals surface area contributed by atoms with Gasteiger partial charge in [-0.2, -0.15) is 13.2 Å². The predicted molar refractivity (Wildman–Crippen MR) is 73.4 cm³/mol. The SMILES string of the molecule is OC[C@H](c1cc(C(F)(F)F)ccc1Br)N1CCNCC1. The summed E-state index contributed by atoms with van der Waals surface area (Å²) in [6.07, 6.45) is -4.38. The van der Waals surface area contributed by atoms with E-state index in [9.17, 15) is 18.3 Å². The first-order chi connectivity index (χ1) is 9.43. The van der Waals surface area contributed by atoms with Crippen molar-refractivity contribution < 1.29 is 18.3 Å². The van der Waals surface area contributed by atoms with Crippen LogP contribution in [0.1, 0.15) is 17.2 Å². The van der Waals surface area contributed by atoms with E-state index in [1.165, 1.54) is 6.07 Å². The molecule has 1 aromatic carbocycles. The van der Waals surface area contributed by atoms with Crippen LogP contribution in [0.3, 0.4) is 0 Å². The molecule has 1 aromatic rings. The van der Waals surface area contributed by atoms with Crippen molar-refractivity contribution in [2.45, 2.75) is 12.2 Å². The van der Waals surface area contributed by atoms with Gasteiger partial charge in [0, 0.05) is 30.7 Å². The number of benzene rings is 1. The molecule has 0 saturated carbocycles. The third kappa shape index (κ3) is 3.52. The van der Waals surface area contributed by atoms with Gasteiger partial charge in [-0.25, -0.2) is 0 Å². The molecule has 0 unspecified atom stereocenters. The first-order valence-electron chi connectivity index (χ1n) is 6.35. The molecule has 2 N–H and O–H groups in total. The zero-order valence-electron chi connectivity index (χ0n) is 10.8. The zero-order chi connectivity index (χ0) is 14.8. The number of nitrogens with zero attached hydrogens (tertiary/aromatic N) is 1. The van der Waals surface area contributed by atoms with Crippen LogP contribution >= 0.6 is 15.9 Å².